The van der Waals surface area contributed by atoms with E-state index in [9.17, 15) is 23.1 Å². The van der Waals surface area contributed by atoms with Crippen molar-refractivity contribution >= 4 is 32.6 Å². The highest BCUT2D eigenvalue weighted by Gasteiger charge is 2.27. The van der Waals surface area contributed by atoms with Gasteiger partial charge in [-0.15, -0.1) is 0 Å². The minimum atomic E-state index is -3.80. The van der Waals surface area contributed by atoms with Crippen molar-refractivity contribution in [3.05, 3.63) is 55.7 Å². The van der Waals surface area contributed by atoms with Crippen LogP contribution >= 0.6 is 11.6 Å². The second-order valence-electron chi connectivity index (χ2n) is 7.75. The Labute approximate surface area is 190 Å². The van der Waals surface area contributed by atoms with Crippen molar-refractivity contribution in [3.8, 4) is 0 Å². The molecular weight excluding hydrogens is 456 g/mol. The standard InChI is InChI=1S/C21H27ClN4O5S/c1-4-12-32(30,31)20-23-18-17(26(20)13-14-6-8-15(22)9-7-14)19(28)25(21(29)24(18)3)11-10-16(27)5-2/h6-9,16,27H,4-5,10-13H2,1-3H3. The number of hydrogen-bond donors (Lipinski definition) is 1. The summed E-state index contributed by atoms with van der Waals surface area (Å²) in [5, 5.41) is 10.2. The van der Waals surface area contributed by atoms with Crippen molar-refractivity contribution in [1.29, 1.82) is 0 Å². The van der Waals surface area contributed by atoms with Gasteiger partial charge in [-0.3, -0.25) is 13.9 Å². The SMILES string of the molecule is CCCS(=O)(=O)c1nc2c(c(=O)n(CCC(O)CC)c(=O)n2C)n1Cc1ccc(Cl)cc1. The number of fused-ring (bicyclic) bond motifs is 1. The molecule has 3 rings (SSSR count). The van der Waals surface area contributed by atoms with E-state index in [4.69, 9.17) is 11.6 Å². The van der Waals surface area contributed by atoms with Gasteiger partial charge in [0.2, 0.25) is 15.0 Å². The number of imidazole rings is 1. The third-order valence-electron chi connectivity index (χ3n) is 5.36. The maximum atomic E-state index is 13.4. The third kappa shape index (κ3) is 4.67. The lowest BCUT2D eigenvalue weighted by atomic mass is 10.2. The molecule has 2 heterocycles. The molecule has 1 N–H and O–H groups in total. The molecule has 0 radical (unpaired) electrons. The van der Waals surface area contributed by atoms with Crippen molar-refractivity contribution in [2.45, 2.75) is 57.5 Å². The van der Waals surface area contributed by atoms with Crippen molar-refractivity contribution < 1.29 is 13.5 Å². The molecule has 2 aromatic heterocycles. The zero-order chi connectivity index (χ0) is 23.6. The molecule has 0 bridgehead atoms. The summed E-state index contributed by atoms with van der Waals surface area (Å²) in [6.45, 7) is 3.63. The van der Waals surface area contributed by atoms with Gasteiger partial charge < -0.3 is 9.67 Å². The molecule has 0 aliphatic rings. The quantitative estimate of drug-likeness (QED) is 0.498. The summed E-state index contributed by atoms with van der Waals surface area (Å²) in [7, 11) is -2.35. The summed E-state index contributed by atoms with van der Waals surface area (Å²) >= 11 is 5.96. The van der Waals surface area contributed by atoms with Crippen LogP contribution in [0.4, 0.5) is 0 Å². The number of rotatable bonds is 9. The number of aliphatic hydroxyl groups excluding tert-OH is 1. The van der Waals surface area contributed by atoms with Crippen LogP contribution in [0, 0.1) is 0 Å². The molecule has 11 heteroatoms. The molecular formula is C21H27ClN4O5S. The van der Waals surface area contributed by atoms with Gasteiger partial charge in [0.1, 0.15) is 0 Å². The number of aryl methyl sites for hydroxylation is 1. The lowest BCUT2D eigenvalue weighted by Gasteiger charge is -2.12. The maximum Gasteiger partial charge on any atom is 0.332 e. The zero-order valence-corrected chi connectivity index (χ0v) is 19.9. The van der Waals surface area contributed by atoms with Gasteiger partial charge in [0.05, 0.1) is 18.4 Å². The first-order valence-electron chi connectivity index (χ1n) is 10.5. The number of halogens is 1. The van der Waals surface area contributed by atoms with E-state index in [2.05, 4.69) is 4.98 Å². The minimum Gasteiger partial charge on any atom is -0.393 e. The largest absolute Gasteiger partial charge is 0.393 e. The van der Waals surface area contributed by atoms with E-state index in [1.54, 1.807) is 38.1 Å². The highest BCUT2D eigenvalue weighted by molar-refractivity contribution is 7.91. The molecule has 3 aromatic rings. The molecule has 0 saturated carbocycles. The fourth-order valence-electron chi connectivity index (χ4n) is 3.55. The Morgan fingerprint density at radius 3 is 2.38 bits per heavy atom. The van der Waals surface area contributed by atoms with Gasteiger partial charge >= 0.3 is 5.69 Å². The molecule has 0 spiro atoms. The predicted octanol–water partition coefficient (Wildman–Crippen LogP) is 1.94. The third-order valence-corrected chi connectivity index (χ3v) is 7.43. The average Bonchev–Trinajstić information content (AvgIpc) is 3.14. The van der Waals surface area contributed by atoms with E-state index < -0.39 is 27.2 Å². The summed E-state index contributed by atoms with van der Waals surface area (Å²) in [5.74, 6) is -0.137. The van der Waals surface area contributed by atoms with Crippen LogP contribution in [0.3, 0.4) is 0 Å². The number of aliphatic hydroxyl groups is 1. The van der Waals surface area contributed by atoms with E-state index in [0.29, 0.717) is 17.9 Å². The fourth-order valence-corrected chi connectivity index (χ4v) is 5.11. The second kappa shape index (κ2) is 9.60. The van der Waals surface area contributed by atoms with Crippen LogP contribution in [0.2, 0.25) is 5.02 Å². The highest BCUT2D eigenvalue weighted by atomic mass is 35.5. The first-order valence-corrected chi connectivity index (χ1v) is 12.5. The molecule has 1 aromatic carbocycles. The molecule has 32 heavy (non-hydrogen) atoms. The van der Waals surface area contributed by atoms with Crippen LogP contribution in [-0.2, 0) is 30.0 Å². The molecule has 1 unspecified atom stereocenters. The van der Waals surface area contributed by atoms with Crippen LogP contribution in [0.1, 0.15) is 38.7 Å². The van der Waals surface area contributed by atoms with Gasteiger partial charge in [-0.2, -0.15) is 4.98 Å². The van der Waals surface area contributed by atoms with Crippen LogP contribution < -0.4 is 11.2 Å². The molecule has 0 saturated heterocycles. The molecule has 0 fully saturated rings. The first kappa shape index (κ1) is 24.2. The number of sulfone groups is 1. The van der Waals surface area contributed by atoms with E-state index in [-0.39, 0.29) is 41.6 Å². The highest BCUT2D eigenvalue weighted by Crippen LogP contribution is 2.20. The molecule has 0 aliphatic heterocycles. The monoisotopic (exact) mass is 482 g/mol. The van der Waals surface area contributed by atoms with E-state index in [1.165, 1.54) is 16.2 Å². The van der Waals surface area contributed by atoms with Gasteiger partial charge in [0, 0.05) is 18.6 Å². The molecule has 1 atom stereocenters. The Bertz CT molecular complexity index is 1340. The summed E-state index contributed by atoms with van der Waals surface area (Å²) in [5.41, 5.74) is -0.478. The van der Waals surface area contributed by atoms with Gasteiger partial charge in [0.15, 0.2) is 11.2 Å². The Hall–Kier alpha value is -2.43. The van der Waals surface area contributed by atoms with Crippen molar-refractivity contribution in [3.63, 3.8) is 0 Å². The van der Waals surface area contributed by atoms with Crippen LogP contribution in [0.5, 0.6) is 0 Å². The van der Waals surface area contributed by atoms with Crippen LogP contribution in [0.25, 0.3) is 11.2 Å². The summed E-state index contributed by atoms with van der Waals surface area (Å²) in [6, 6.07) is 6.83. The maximum absolute atomic E-state index is 13.4. The van der Waals surface area contributed by atoms with Gasteiger partial charge in [0.25, 0.3) is 5.56 Å². The van der Waals surface area contributed by atoms with Gasteiger partial charge in [-0.05, 0) is 37.0 Å². The topological polar surface area (TPSA) is 116 Å². The Morgan fingerprint density at radius 2 is 1.78 bits per heavy atom. The van der Waals surface area contributed by atoms with E-state index in [1.807, 2.05) is 0 Å². The number of nitrogens with zero attached hydrogens (tertiary/aromatic N) is 4. The summed E-state index contributed by atoms with van der Waals surface area (Å²) in [6.07, 6.45) is 0.445. The Kier molecular flexibility index (Phi) is 7.26. The average molecular weight is 483 g/mol. The van der Waals surface area contributed by atoms with Crippen molar-refractivity contribution in [2.75, 3.05) is 5.75 Å². The fraction of sp³-hybridized carbons (Fsp3) is 0.476. The first-order chi connectivity index (χ1) is 15.1. The zero-order valence-electron chi connectivity index (χ0n) is 18.3. The number of benzene rings is 1. The summed E-state index contributed by atoms with van der Waals surface area (Å²) in [4.78, 5) is 30.4. The van der Waals surface area contributed by atoms with E-state index in [0.717, 1.165) is 10.1 Å². The molecule has 174 valence electrons. The number of hydrogen-bond acceptors (Lipinski definition) is 6. The van der Waals surface area contributed by atoms with Gasteiger partial charge in [-0.25, -0.2) is 13.2 Å². The van der Waals surface area contributed by atoms with E-state index >= 15 is 0 Å². The Morgan fingerprint density at radius 1 is 1.12 bits per heavy atom. The predicted molar refractivity (Wildman–Crippen MR) is 123 cm³/mol. The van der Waals surface area contributed by atoms with Gasteiger partial charge in [-0.1, -0.05) is 37.6 Å². The number of aromatic nitrogens is 4. The normalized spacial score (nSPS) is 13.0. The molecule has 0 amide bonds. The molecule has 0 aliphatic carbocycles. The second-order valence-corrected chi connectivity index (χ2v) is 10.2. The van der Waals surface area contributed by atoms with Crippen molar-refractivity contribution in [2.24, 2.45) is 7.05 Å². The van der Waals surface area contributed by atoms with Crippen LogP contribution in [0.15, 0.2) is 39.0 Å². The smallest absolute Gasteiger partial charge is 0.332 e. The lowest BCUT2D eigenvalue weighted by Crippen LogP contribution is -2.40. The molecule has 9 nitrogen and oxygen atoms in total. The minimum absolute atomic E-state index is 0.0101. The van der Waals surface area contributed by atoms with Crippen molar-refractivity contribution in [1.82, 2.24) is 18.7 Å². The summed E-state index contributed by atoms with van der Waals surface area (Å²) < 4.78 is 29.5. The van der Waals surface area contributed by atoms with Crippen LogP contribution in [-0.4, -0.2) is 44.1 Å². The lowest BCUT2D eigenvalue weighted by molar-refractivity contribution is 0.153. The Balaban J connectivity index is 2.30.